The Labute approximate surface area is 192 Å². The quantitative estimate of drug-likeness (QED) is 0.608. The lowest BCUT2D eigenvalue weighted by molar-refractivity contribution is 0.138. The van der Waals surface area contributed by atoms with Crippen LogP contribution in [0.5, 0.6) is 5.75 Å². The average Bonchev–Trinajstić information content (AvgIpc) is 3.33. The number of benzene rings is 1. The second-order valence-electron chi connectivity index (χ2n) is 8.98. The van der Waals surface area contributed by atoms with Crippen LogP contribution in [-0.2, 0) is 6.42 Å². The van der Waals surface area contributed by atoms with Gasteiger partial charge in [0, 0.05) is 51.0 Å². The highest BCUT2D eigenvalue weighted by molar-refractivity contribution is 5.88. The Morgan fingerprint density at radius 3 is 2.85 bits per heavy atom. The largest absolute Gasteiger partial charge is 0.492 e. The SMILES string of the molecule is NC[C@@H]1CCN(C2COc3cc(-n4ccc(NC(=O)N5CCNCC5)nc4=O)ccc3C2)C1. The molecule has 1 unspecified atom stereocenters. The number of hydrogen-bond acceptors (Lipinski definition) is 7. The van der Waals surface area contributed by atoms with Crippen LogP contribution in [0.1, 0.15) is 12.0 Å². The molecule has 2 aromatic rings. The number of urea groups is 1. The first-order chi connectivity index (χ1) is 16.1. The topological polar surface area (TPSA) is 118 Å². The van der Waals surface area contributed by atoms with Gasteiger partial charge in [-0.25, -0.2) is 9.59 Å². The van der Waals surface area contributed by atoms with Crippen LogP contribution >= 0.6 is 0 Å². The maximum atomic E-state index is 12.7. The summed E-state index contributed by atoms with van der Waals surface area (Å²) in [6.45, 7) is 6.27. The van der Waals surface area contributed by atoms with Crippen LogP contribution in [0.15, 0.2) is 35.3 Å². The lowest BCUT2D eigenvalue weighted by Crippen LogP contribution is -2.48. The molecule has 2 amide bonds. The highest BCUT2D eigenvalue weighted by Gasteiger charge is 2.31. The van der Waals surface area contributed by atoms with Gasteiger partial charge < -0.3 is 20.7 Å². The zero-order valence-electron chi connectivity index (χ0n) is 18.7. The van der Waals surface area contributed by atoms with E-state index in [1.54, 1.807) is 17.2 Å². The monoisotopic (exact) mass is 453 g/mol. The molecule has 10 heteroatoms. The fourth-order valence-corrected chi connectivity index (χ4v) is 4.84. The molecule has 2 saturated heterocycles. The van der Waals surface area contributed by atoms with E-state index in [9.17, 15) is 9.59 Å². The summed E-state index contributed by atoms with van der Waals surface area (Å²) in [5.41, 5.74) is 7.22. The minimum Gasteiger partial charge on any atom is -0.492 e. The van der Waals surface area contributed by atoms with Gasteiger partial charge in [-0.05, 0) is 49.5 Å². The van der Waals surface area contributed by atoms with Crippen molar-refractivity contribution in [1.29, 1.82) is 0 Å². The Balaban J connectivity index is 1.26. The molecule has 0 spiro atoms. The molecule has 2 atom stereocenters. The Morgan fingerprint density at radius 1 is 1.24 bits per heavy atom. The standard InChI is InChI=1S/C23H31N7O3/c24-13-16-3-7-29(14-16)19-11-17-1-2-18(12-20(17)33-15-19)30-8-4-21(27-23(30)32)26-22(31)28-9-5-25-6-10-28/h1-2,4,8,12,16,19,25H,3,5-7,9-11,13-15,24H2,(H,26,27,31,32)/t16-,19?/m0/s1. The lowest BCUT2D eigenvalue weighted by atomic mass is 10.0. The first-order valence-corrected chi connectivity index (χ1v) is 11.7. The number of piperazine rings is 1. The summed E-state index contributed by atoms with van der Waals surface area (Å²) >= 11 is 0. The second kappa shape index (κ2) is 9.50. The summed E-state index contributed by atoms with van der Waals surface area (Å²) < 4.78 is 7.55. The van der Waals surface area contributed by atoms with Crippen molar-refractivity contribution >= 4 is 11.8 Å². The van der Waals surface area contributed by atoms with Crippen molar-refractivity contribution < 1.29 is 9.53 Å². The van der Waals surface area contributed by atoms with Crippen molar-refractivity contribution in [1.82, 2.24) is 24.7 Å². The van der Waals surface area contributed by atoms with Crippen LogP contribution in [0, 0.1) is 5.92 Å². The molecule has 176 valence electrons. The molecular formula is C23H31N7O3. The van der Waals surface area contributed by atoms with E-state index in [-0.39, 0.29) is 11.8 Å². The van der Waals surface area contributed by atoms with E-state index in [1.807, 2.05) is 18.2 Å². The maximum absolute atomic E-state index is 12.7. The number of amides is 2. The highest BCUT2D eigenvalue weighted by atomic mass is 16.5. The predicted octanol–water partition coefficient (Wildman–Crippen LogP) is 0.254. The number of aromatic nitrogens is 2. The molecule has 1 aromatic carbocycles. The maximum Gasteiger partial charge on any atom is 0.354 e. The van der Waals surface area contributed by atoms with Gasteiger partial charge in [-0.2, -0.15) is 4.98 Å². The Bertz CT molecular complexity index is 1070. The van der Waals surface area contributed by atoms with Crippen molar-refractivity contribution in [2.45, 2.75) is 18.9 Å². The number of anilines is 1. The van der Waals surface area contributed by atoms with Crippen LogP contribution in [0.25, 0.3) is 5.69 Å². The molecule has 1 aromatic heterocycles. The summed E-state index contributed by atoms with van der Waals surface area (Å²) in [4.78, 5) is 33.3. The molecule has 0 aliphatic carbocycles. The fraction of sp³-hybridized carbons (Fsp3) is 0.522. The molecule has 33 heavy (non-hydrogen) atoms. The Kier molecular flexibility index (Phi) is 6.30. The molecule has 5 rings (SSSR count). The first kappa shape index (κ1) is 21.9. The molecule has 10 nitrogen and oxygen atoms in total. The Hall–Kier alpha value is -2.95. The molecular weight excluding hydrogens is 422 g/mol. The van der Waals surface area contributed by atoms with E-state index >= 15 is 0 Å². The summed E-state index contributed by atoms with van der Waals surface area (Å²) in [5.74, 6) is 1.64. The second-order valence-corrected chi connectivity index (χ2v) is 8.98. The molecule has 3 aliphatic rings. The van der Waals surface area contributed by atoms with Gasteiger partial charge in [-0.1, -0.05) is 6.07 Å². The predicted molar refractivity (Wildman–Crippen MR) is 125 cm³/mol. The number of carbonyl (C=O) groups is 1. The van der Waals surface area contributed by atoms with Crippen LogP contribution in [0.3, 0.4) is 0 Å². The van der Waals surface area contributed by atoms with Gasteiger partial charge >= 0.3 is 11.7 Å². The van der Waals surface area contributed by atoms with Crippen LogP contribution in [0.2, 0.25) is 0 Å². The summed E-state index contributed by atoms with van der Waals surface area (Å²) in [5, 5.41) is 5.92. The van der Waals surface area contributed by atoms with Gasteiger partial charge in [-0.15, -0.1) is 0 Å². The van der Waals surface area contributed by atoms with E-state index in [2.05, 4.69) is 20.5 Å². The highest BCUT2D eigenvalue weighted by Crippen LogP contribution is 2.30. The van der Waals surface area contributed by atoms with Gasteiger partial charge in [0.1, 0.15) is 18.2 Å². The van der Waals surface area contributed by atoms with Crippen LogP contribution in [-0.4, -0.2) is 83.8 Å². The normalized spacial score (nSPS) is 23.1. The molecule has 4 heterocycles. The smallest absolute Gasteiger partial charge is 0.354 e. The third-order valence-corrected chi connectivity index (χ3v) is 6.83. The van der Waals surface area contributed by atoms with Crippen LogP contribution < -0.4 is 26.8 Å². The third kappa shape index (κ3) is 4.73. The lowest BCUT2D eigenvalue weighted by Gasteiger charge is -2.32. The number of likely N-dealkylation sites (tertiary alicyclic amines) is 1. The number of ether oxygens (including phenoxy) is 1. The number of carbonyl (C=O) groups excluding carboxylic acids is 1. The van der Waals surface area contributed by atoms with E-state index < -0.39 is 5.69 Å². The van der Waals surface area contributed by atoms with Gasteiger partial charge in [0.2, 0.25) is 0 Å². The Morgan fingerprint density at radius 2 is 2.09 bits per heavy atom. The molecule has 0 bridgehead atoms. The molecule has 0 saturated carbocycles. The molecule has 4 N–H and O–H groups in total. The van der Waals surface area contributed by atoms with E-state index in [1.165, 1.54) is 4.57 Å². The molecule has 3 aliphatic heterocycles. The van der Waals surface area contributed by atoms with Crippen molar-refractivity contribution in [3.05, 3.63) is 46.5 Å². The number of fused-ring (bicyclic) bond motifs is 1. The number of hydrogen-bond donors (Lipinski definition) is 3. The number of nitrogens with zero attached hydrogens (tertiary/aromatic N) is 4. The minimum atomic E-state index is -0.452. The molecule has 2 fully saturated rings. The van der Waals surface area contributed by atoms with Crippen molar-refractivity contribution in [2.75, 3.05) is 57.7 Å². The number of rotatable bonds is 4. The van der Waals surface area contributed by atoms with Gasteiger partial charge in [0.25, 0.3) is 0 Å². The third-order valence-electron chi connectivity index (χ3n) is 6.83. The average molecular weight is 454 g/mol. The summed E-state index contributed by atoms with van der Waals surface area (Å²) in [7, 11) is 0. The van der Waals surface area contributed by atoms with E-state index in [0.29, 0.717) is 37.3 Å². The van der Waals surface area contributed by atoms with Gasteiger partial charge in [0.15, 0.2) is 0 Å². The van der Waals surface area contributed by atoms with Crippen molar-refractivity contribution in [2.24, 2.45) is 11.7 Å². The zero-order chi connectivity index (χ0) is 22.8. The first-order valence-electron chi connectivity index (χ1n) is 11.7. The number of nitrogens with one attached hydrogen (secondary N) is 2. The molecule has 0 radical (unpaired) electrons. The van der Waals surface area contributed by atoms with Crippen molar-refractivity contribution in [3.8, 4) is 11.4 Å². The van der Waals surface area contributed by atoms with Gasteiger partial charge in [-0.3, -0.25) is 14.8 Å². The van der Waals surface area contributed by atoms with E-state index in [4.69, 9.17) is 10.5 Å². The minimum absolute atomic E-state index is 0.242. The van der Waals surface area contributed by atoms with Crippen molar-refractivity contribution in [3.63, 3.8) is 0 Å². The summed E-state index contributed by atoms with van der Waals surface area (Å²) in [6, 6.07) is 7.59. The van der Waals surface area contributed by atoms with E-state index in [0.717, 1.165) is 56.9 Å². The number of nitrogens with two attached hydrogens (primary N) is 1. The van der Waals surface area contributed by atoms with Crippen LogP contribution in [0.4, 0.5) is 10.6 Å². The fourth-order valence-electron chi connectivity index (χ4n) is 4.84. The zero-order valence-corrected chi connectivity index (χ0v) is 18.7. The van der Waals surface area contributed by atoms with Gasteiger partial charge in [0.05, 0.1) is 5.69 Å². The summed E-state index contributed by atoms with van der Waals surface area (Å²) in [6.07, 6.45) is 3.71.